The molecule has 1 unspecified atom stereocenters. The minimum absolute atomic E-state index is 0.00237. The summed E-state index contributed by atoms with van der Waals surface area (Å²) in [5, 5.41) is 2.69. The fourth-order valence-corrected chi connectivity index (χ4v) is 8.81. The van der Waals surface area contributed by atoms with Crippen molar-refractivity contribution in [2.24, 2.45) is 5.73 Å². The summed E-state index contributed by atoms with van der Waals surface area (Å²) in [7, 11) is 0.00237. The monoisotopic (exact) mass is 624 g/mol. The highest BCUT2D eigenvalue weighted by Gasteiger charge is 2.31. The molecule has 0 fully saturated rings. The fraction of sp³-hybridized carbons (Fsp3) is 0.0227. The van der Waals surface area contributed by atoms with Crippen LogP contribution in [0.15, 0.2) is 186 Å². The summed E-state index contributed by atoms with van der Waals surface area (Å²) in [5.41, 5.74) is 21.1. The number of fused-ring (bicyclic) bond motifs is 7. The number of anilines is 1. The first-order valence-electron chi connectivity index (χ1n) is 15.9. The zero-order chi connectivity index (χ0) is 32.0. The lowest BCUT2D eigenvalue weighted by atomic mass is 9.99. The van der Waals surface area contributed by atoms with Gasteiger partial charge in [-0.1, -0.05) is 152 Å². The topological polar surface area (TPSA) is 52.0 Å². The molecule has 8 rings (SSSR count). The van der Waals surface area contributed by atoms with Gasteiger partial charge in [-0.2, -0.15) is 0 Å². The van der Waals surface area contributed by atoms with Crippen LogP contribution >= 0.6 is 10.5 Å². The van der Waals surface area contributed by atoms with Crippen LogP contribution in [-0.2, 0) is 6.42 Å². The van der Waals surface area contributed by atoms with Gasteiger partial charge < -0.3 is 11.5 Å². The molecule has 1 atom stereocenters. The van der Waals surface area contributed by atoms with Crippen LogP contribution in [0.25, 0.3) is 33.5 Å². The second-order valence-corrected chi connectivity index (χ2v) is 13.3. The molecule has 0 saturated heterocycles. The lowest BCUT2D eigenvalue weighted by Crippen LogP contribution is -2.15. The molecule has 0 aromatic heterocycles. The van der Waals surface area contributed by atoms with E-state index in [0.717, 1.165) is 17.7 Å². The molecule has 0 spiro atoms. The zero-order valence-corrected chi connectivity index (χ0v) is 26.9. The molecule has 0 radical (unpaired) electrons. The van der Waals surface area contributed by atoms with E-state index in [4.69, 9.17) is 11.5 Å². The molecule has 6 aromatic carbocycles. The number of rotatable bonds is 6. The van der Waals surface area contributed by atoms with Crippen LogP contribution in [0, 0.1) is 0 Å². The van der Waals surface area contributed by atoms with E-state index >= 15 is 0 Å². The summed E-state index contributed by atoms with van der Waals surface area (Å²) in [6.07, 6.45) is 15.3. The number of nitrogen functional groups attached to an aromatic ring is 1. The van der Waals surface area contributed by atoms with Crippen molar-refractivity contribution in [3.8, 4) is 11.1 Å². The van der Waals surface area contributed by atoms with Crippen molar-refractivity contribution in [1.82, 2.24) is 0 Å². The van der Waals surface area contributed by atoms with Gasteiger partial charge in [-0.05, 0) is 81.1 Å². The molecule has 3 heteroatoms. The third kappa shape index (κ3) is 6.27. The highest BCUT2D eigenvalue weighted by atomic mass is 32.2. The Hall–Kier alpha value is -5.64. The molecule has 0 bridgehead atoms. The molecule has 47 heavy (non-hydrogen) atoms. The molecule has 0 aliphatic carbocycles. The number of nitrogens with two attached hydrogens (primary N) is 2. The highest BCUT2D eigenvalue weighted by Crippen LogP contribution is 2.57. The first-order chi connectivity index (χ1) is 23.2. The Labute approximate surface area is 279 Å². The summed E-state index contributed by atoms with van der Waals surface area (Å²) >= 11 is 0. The van der Waals surface area contributed by atoms with Crippen molar-refractivity contribution >= 4 is 43.5 Å². The Kier molecular flexibility index (Phi) is 8.81. The van der Waals surface area contributed by atoms with E-state index < -0.39 is 0 Å². The quantitative estimate of drug-likeness (QED) is 0.110. The van der Waals surface area contributed by atoms with Crippen molar-refractivity contribution in [2.75, 3.05) is 5.73 Å². The van der Waals surface area contributed by atoms with Crippen LogP contribution in [0.3, 0.4) is 0 Å². The van der Waals surface area contributed by atoms with Crippen molar-refractivity contribution in [3.05, 3.63) is 198 Å². The smallest absolute Gasteiger partial charge is 0.0314 e. The van der Waals surface area contributed by atoms with Crippen molar-refractivity contribution in [1.29, 1.82) is 0 Å². The Balaban J connectivity index is 0.000000158. The van der Waals surface area contributed by atoms with Gasteiger partial charge in [0.15, 0.2) is 0 Å². The lowest BCUT2D eigenvalue weighted by molar-refractivity contribution is 1.27. The molecule has 0 amide bonds. The average Bonchev–Trinajstić information content (AvgIpc) is 3.12. The van der Waals surface area contributed by atoms with Crippen LogP contribution in [0.2, 0.25) is 0 Å². The van der Waals surface area contributed by atoms with Gasteiger partial charge >= 0.3 is 0 Å². The standard InChI is InChI=1S/C25H17NS.C19H19N/c26-19-13-10-17(11-14-19)21-6-3-7-22-23-15-12-18-9-8-16-4-1-2-5-20(16)24(18)27(23)25(21)22;20-16-8-15-19(18-12-5-2-6-13-18)14-7-11-17-9-3-1-4-10-17/h1-15H,26H2;1-10,12-16H,11,20H2/b;14-7-,16-8+,19-15+. The van der Waals surface area contributed by atoms with Gasteiger partial charge in [-0.15, -0.1) is 10.5 Å². The molecule has 0 saturated carbocycles. The van der Waals surface area contributed by atoms with E-state index in [1.54, 1.807) is 6.20 Å². The van der Waals surface area contributed by atoms with Crippen LogP contribution in [0.5, 0.6) is 0 Å². The van der Waals surface area contributed by atoms with Crippen LogP contribution in [0.1, 0.15) is 22.3 Å². The van der Waals surface area contributed by atoms with Gasteiger partial charge in [0.1, 0.15) is 0 Å². The molecule has 4 N–H and O–H groups in total. The second kappa shape index (κ2) is 13.8. The van der Waals surface area contributed by atoms with Gasteiger partial charge in [0.25, 0.3) is 0 Å². The molecule has 228 valence electrons. The molecule has 6 aromatic rings. The second-order valence-electron chi connectivity index (χ2n) is 11.5. The summed E-state index contributed by atoms with van der Waals surface area (Å²) in [5.74, 6) is 0. The Morgan fingerprint density at radius 1 is 0.638 bits per heavy atom. The number of hydrogen-bond donors (Lipinski definition) is 2. The minimum atomic E-state index is 0.00237. The van der Waals surface area contributed by atoms with E-state index in [1.807, 2.05) is 48.6 Å². The predicted molar refractivity (Wildman–Crippen MR) is 205 cm³/mol. The number of benzene rings is 6. The van der Waals surface area contributed by atoms with Gasteiger partial charge in [-0.3, -0.25) is 0 Å². The van der Waals surface area contributed by atoms with Crippen LogP contribution in [-0.4, -0.2) is 4.86 Å². The summed E-state index contributed by atoms with van der Waals surface area (Å²) in [6.45, 7) is 0. The fourth-order valence-electron chi connectivity index (χ4n) is 6.14. The van der Waals surface area contributed by atoms with Crippen molar-refractivity contribution < 1.29 is 0 Å². The Bertz CT molecular complexity index is 2200. The van der Waals surface area contributed by atoms with Crippen molar-refractivity contribution in [2.45, 2.75) is 16.2 Å². The van der Waals surface area contributed by atoms with E-state index in [-0.39, 0.29) is 10.5 Å². The Morgan fingerprint density at radius 3 is 2.15 bits per heavy atom. The molecular weight excluding hydrogens is 589 g/mol. The average molecular weight is 625 g/mol. The minimum Gasteiger partial charge on any atom is -0.405 e. The normalized spacial score (nSPS) is 14.7. The van der Waals surface area contributed by atoms with Crippen LogP contribution in [0.4, 0.5) is 5.69 Å². The zero-order valence-electron chi connectivity index (χ0n) is 26.1. The highest BCUT2D eigenvalue weighted by molar-refractivity contribution is 8.18. The van der Waals surface area contributed by atoms with Gasteiger partial charge in [0, 0.05) is 25.9 Å². The Morgan fingerprint density at radius 2 is 1.36 bits per heavy atom. The lowest BCUT2D eigenvalue weighted by Gasteiger charge is -2.34. The maximum Gasteiger partial charge on any atom is 0.0314 e. The predicted octanol–water partition coefficient (Wildman–Crippen LogP) is 10.7. The van der Waals surface area contributed by atoms with Gasteiger partial charge in [0.05, 0.1) is 0 Å². The van der Waals surface area contributed by atoms with Gasteiger partial charge in [0.2, 0.25) is 0 Å². The van der Waals surface area contributed by atoms with Gasteiger partial charge in [-0.25, -0.2) is 0 Å². The summed E-state index contributed by atoms with van der Waals surface area (Å²) in [6, 6.07) is 48.9. The largest absolute Gasteiger partial charge is 0.405 e. The molecule has 2 heterocycles. The van der Waals surface area contributed by atoms with Crippen molar-refractivity contribution in [3.63, 3.8) is 0 Å². The molecular formula is C44H36N2S. The third-order valence-electron chi connectivity index (χ3n) is 8.44. The first kappa shape index (κ1) is 30.0. The number of allylic oxidation sites excluding steroid dienone is 6. The molecule has 2 aliphatic rings. The summed E-state index contributed by atoms with van der Waals surface area (Å²) in [4.78, 5) is 4.41. The maximum absolute atomic E-state index is 5.91. The molecule has 2 nitrogen and oxygen atoms in total. The van der Waals surface area contributed by atoms with E-state index in [9.17, 15) is 0 Å². The number of hydrogen-bond acceptors (Lipinski definition) is 2. The SMILES string of the molecule is N/C=C/C=C(\C=C/Cc1ccccc1)c1ccccc1.Nc1ccc(-c2cccc3c2S2=C3C=Cc3ccc4ccccc4c32)cc1. The van der Waals surface area contributed by atoms with E-state index in [2.05, 4.69) is 127 Å². The summed E-state index contributed by atoms with van der Waals surface area (Å²) < 4.78 is 0. The first-order valence-corrected chi connectivity index (χ1v) is 17.1. The van der Waals surface area contributed by atoms with E-state index in [0.29, 0.717) is 0 Å². The third-order valence-corrected chi connectivity index (χ3v) is 11.0. The van der Waals surface area contributed by atoms with Crippen LogP contribution < -0.4 is 11.5 Å². The maximum atomic E-state index is 5.91. The molecule has 2 aliphatic heterocycles. The van der Waals surface area contributed by atoms with E-state index in [1.165, 1.54) is 58.8 Å².